The van der Waals surface area contributed by atoms with Crippen molar-refractivity contribution in [2.45, 2.75) is 51.3 Å². The quantitative estimate of drug-likeness (QED) is 0.919. The maximum atomic E-state index is 12.1. The SMILES string of the molecule is CC(C)Oc1cccc(CN2CCNC(=O)CC23CCOCC3)c1. The van der Waals surface area contributed by atoms with Gasteiger partial charge in [-0.3, -0.25) is 9.69 Å². The van der Waals surface area contributed by atoms with Gasteiger partial charge >= 0.3 is 0 Å². The molecule has 1 aromatic rings. The molecule has 2 heterocycles. The van der Waals surface area contributed by atoms with E-state index in [4.69, 9.17) is 9.47 Å². The summed E-state index contributed by atoms with van der Waals surface area (Å²) in [6.45, 7) is 7.97. The Kier molecular flexibility index (Phi) is 5.41. The van der Waals surface area contributed by atoms with Gasteiger partial charge in [0.2, 0.25) is 5.91 Å². The Bertz CT molecular complexity index is 567. The van der Waals surface area contributed by atoms with Crippen molar-refractivity contribution in [3.8, 4) is 5.75 Å². The molecule has 0 radical (unpaired) electrons. The summed E-state index contributed by atoms with van der Waals surface area (Å²) in [4.78, 5) is 14.6. The second-order valence-corrected chi connectivity index (χ2v) is 7.10. The highest BCUT2D eigenvalue weighted by molar-refractivity contribution is 5.77. The average molecular weight is 332 g/mol. The molecule has 0 aromatic heterocycles. The Balaban J connectivity index is 1.79. The van der Waals surface area contributed by atoms with Crippen LogP contribution in [0.5, 0.6) is 5.75 Å². The normalized spacial score (nSPS) is 21.5. The van der Waals surface area contributed by atoms with Crippen LogP contribution < -0.4 is 10.1 Å². The number of carbonyl (C=O) groups excluding carboxylic acids is 1. The van der Waals surface area contributed by atoms with Gasteiger partial charge in [0.1, 0.15) is 5.75 Å². The highest BCUT2D eigenvalue weighted by Gasteiger charge is 2.41. The second kappa shape index (κ2) is 7.53. The maximum absolute atomic E-state index is 12.1. The van der Waals surface area contributed by atoms with E-state index >= 15 is 0 Å². The van der Waals surface area contributed by atoms with Gasteiger partial charge in [-0.25, -0.2) is 0 Å². The number of nitrogens with zero attached hydrogens (tertiary/aromatic N) is 1. The van der Waals surface area contributed by atoms with Crippen LogP contribution in [0, 0.1) is 0 Å². The Hall–Kier alpha value is -1.59. The second-order valence-electron chi connectivity index (χ2n) is 7.10. The van der Waals surface area contributed by atoms with Crippen LogP contribution in [0.1, 0.15) is 38.7 Å². The number of amides is 1. The lowest BCUT2D eigenvalue weighted by atomic mass is 9.84. The van der Waals surface area contributed by atoms with Gasteiger partial charge in [0.05, 0.1) is 6.10 Å². The lowest BCUT2D eigenvalue weighted by molar-refractivity contribution is -0.124. The molecule has 0 atom stereocenters. The number of nitrogens with one attached hydrogen (secondary N) is 1. The number of ether oxygens (including phenoxy) is 2. The van der Waals surface area contributed by atoms with E-state index < -0.39 is 0 Å². The third-order valence-electron chi connectivity index (χ3n) is 4.93. The van der Waals surface area contributed by atoms with Gasteiger partial charge in [0.25, 0.3) is 0 Å². The van der Waals surface area contributed by atoms with E-state index in [1.54, 1.807) is 0 Å². The molecule has 132 valence electrons. The van der Waals surface area contributed by atoms with Crippen LogP contribution in [0.25, 0.3) is 0 Å². The molecule has 0 aliphatic carbocycles. The highest BCUT2D eigenvalue weighted by Crippen LogP contribution is 2.34. The van der Waals surface area contributed by atoms with E-state index in [1.807, 2.05) is 26.0 Å². The van der Waals surface area contributed by atoms with E-state index in [9.17, 15) is 4.79 Å². The highest BCUT2D eigenvalue weighted by atomic mass is 16.5. The third-order valence-corrected chi connectivity index (χ3v) is 4.93. The zero-order valence-electron chi connectivity index (χ0n) is 14.7. The minimum atomic E-state index is -0.0757. The van der Waals surface area contributed by atoms with Crippen molar-refractivity contribution in [3.63, 3.8) is 0 Å². The fraction of sp³-hybridized carbons (Fsp3) is 0.632. The lowest BCUT2D eigenvalue weighted by Crippen LogP contribution is -2.52. The third kappa shape index (κ3) is 4.08. The van der Waals surface area contributed by atoms with Crippen molar-refractivity contribution in [1.29, 1.82) is 0 Å². The molecule has 1 amide bonds. The molecular weight excluding hydrogens is 304 g/mol. The number of benzene rings is 1. The van der Waals surface area contributed by atoms with E-state index in [0.717, 1.165) is 44.9 Å². The van der Waals surface area contributed by atoms with Crippen LogP contribution in [-0.2, 0) is 16.1 Å². The van der Waals surface area contributed by atoms with Gasteiger partial charge in [0, 0.05) is 44.8 Å². The Labute approximate surface area is 144 Å². The fourth-order valence-corrected chi connectivity index (χ4v) is 3.74. The van der Waals surface area contributed by atoms with Gasteiger partial charge < -0.3 is 14.8 Å². The van der Waals surface area contributed by atoms with Crippen LogP contribution in [0.2, 0.25) is 0 Å². The van der Waals surface area contributed by atoms with E-state index in [-0.39, 0.29) is 17.6 Å². The summed E-state index contributed by atoms with van der Waals surface area (Å²) in [7, 11) is 0. The Morgan fingerprint density at radius 2 is 2.12 bits per heavy atom. The van der Waals surface area contributed by atoms with Gasteiger partial charge in [0.15, 0.2) is 0 Å². The van der Waals surface area contributed by atoms with Crippen molar-refractivity contribution in [2.24, 2.45) is 0 Å². The lowest BCUT2D eigenvalue weighted by Gasteiger charge is -2.44. The molecule has 1 spiro atoms. The number of hydrogen-bond donors (Lipinski definition) is 1. The molecule has 2 saturated heterocycles. The molecule has 2 aliphatic rings. The van der Waals surface area contributed by atoms with Crippen molar-refractivity contribution >= 4 is 5.91 Å². The first-order valence-corrected chi connectivity index (χ1v) is 8.92. The molecule has 0 saturated carbocycles. The molecule has 0 bridgehead atoms. The Morgan fingerprint density at radius 3 is 2.88 bits per heavy atom. The Morgan fingerprint density at radius 1 is 1.33 bits per heavy atom. The number of hydrogen-bond acceptors (Lipinski definition) is 4. The molecule has 1 aromatic carbocycles. The van der Waals surface area contributed by atoms with Crippen LogP contribution in [0.4, 0.5) is 0 Å². The summed E-state index contributed by atoms with van der Waals surface area (Å²) < 4.78 is 11.4. The van der Waals surface area contributed by atoms with Crippen molar-refractivity contribution in [1.82, 2.24) is 10.2 Å². The summed E-state index contributed by atoms with van der Waals surface area (Å²) in [5, 5.41) is 3.02. The topological polar surface area (TPSA) is 50.8 Å². The minimum absolute atomic E-state index is 0.0757. The predicted molar refractivity (Wildman–Crippen MR) is 93.0 cm³/mol. The van der Waals surface area contributed by atoms with E-state index in [2.05, 4.69) is 22.3 Å². The molecule has 2 fully saturated rings. The van der Waals surface area contributed by atoms with Crippen molar-refractivity contribution < 1.29 is 14.3 Å². The molecule has 24 heavy (non-hydrogen) atoms. The van der Waals surface area contributed by atoms with Crippen molar-refractivity contribution in [3.05, 3.63) is 29.8 Å². The summed E-state index contributed by atoms with van der Waals surface area (Å²) in [6.07, 6.45) is 2.58. The number of carbonyl (C=O) groups is 1. The summed E-state index contributed by atoms with van der Waals surface area (Å²) in [5.41, 5.74) is 1.15. The zero-order chi connectivity index (χ0) is 17.0. The van der Waals surface area contributed by atoms with Crippen LogP contribution >= 0.6 is 0 Å². The van der Waals surface area contributed by atoms with Gasteiger partial charge in [-0.2, -0.15) is 0 Å². The zero-order valence-corrected chi connectivity index (χ0v) is 14.7. The largest absolute Gasteiger partial charge is 0.491 e. The van der Waals surface area contributed by atoms with Crippen molar-refractivity contribution in [2.75, 3.05) is 26.3 Å². The first-order chi connectivity index (χ1) is 11.6. The molecule has 3 rings (SSSR count). The smallest absolute Gasteiger partial charge is 0.221 e. The monoisotopic (exact) mass is 332 g/mol. The maximum Gasteiger partial charge on any atom is 0.221 e. The summed E-state index contributed by atoms with van der Waals surface area (Å²) in [6, 6.07) is 8.31. The van der Waals surface area contributed by atoms with Gasteiger partial charge in [-0.05, 0) is 44.4 Å². The molecule has 1 N–H and O–H groups in total. The van der Waals surface area contributed by atoms with Gasteiger partial charge in [-0.15, -0.1) is 0 Å². The molecule has 5 nitrogen and oxygen atoms in total. The van der Waals surface area contributed by atoms with E-state index in [1.165, 1.54) is 5.56 Å². The fourth-order valence-electron chi connectivity index (χ4n) is 3.74. The van der Waals surface area contributed by atoms with Crippen LogP contribution in [0.15, 0.2) is 24.3 Å². The van der Waals surface area contributed by atoms with Crippen LogP contribution in [0.3, 0.4) is 0 Å². The van der Waals surface area contributed by atoms with Gasteiger partial charge in [-0.1, -0.05) is 12.1 Å². The molecule has 0 unspecified atom stereocenters. The first kappa shape index (κ1) is 17.2. The molecule has 5 heteroatoms. The van der Waals surface area contributed by atoms with E-state index in [0.29, 0.717) is 13.0 Å². The first-order valence-electron chi connectivity index (χ1n) is 8.92. The summed E-state index contributed by atoms with van der Waals surface area (Å²) in [5.74, 6) is 1.07. The number of rotatable bonds is 4. The summed E-state index contributed by atoms with van der Waals surface area (Å²) >= 11 is 0. The average Bonchev–Trinajstić information content (AvgIpc) is 2.67. The van der Waals surface area contributed by atoms with Crippen LogP contribution in [-0.4, -0.2) is 48.8 Å². The molecule has 2 aliphatic heterocycles. The minimum Gasteiger partial charge on any atom is -0.491 e. The standard InChI is InChI=1S/C19H28N2O3/c1-15(2)24-17-5-3-4-16(12-17)14-21-9-8-20-18(22)13-19(21)6-10-23-11-7-19/h3-5,12,15H,6-11,13-14H2,1-2H3,(H,20,22). The predicted octanol–water partition coefficient (Wildman–Crippen LogP) is 2.34. The molecular formula is C19H28N2O3.